The van der Waals surface area contributed by atoms with E-state index < -0.39 is 24.6 Å². The lowest BCUT2D eigenvalue weighted by atomic mass is 10.1. The van der Waals surface area contributed by atoms with Crippen LogP contribution in [0.3, 0.4) is 0 Å². The molecule has 27 heavy (non-hydrogen) atoms. The Morgan fingerprint density at radius 2 is 1.59 bits per heavy atom. The molecule has 0 aromatic heterocycles. The zero-order valence-electron chi connectivity index (χ0n) is 16.8. The summed E-state index contributed by atoms with van der Waals surface area (Å²) in [7, 11) is 0. The van der Waals surface area contributed by atoms with Crippen molar-refractivity contribution in [2.24, 2.45) is 0 Å². The number of hydrogen-bond donors (Lipinski definition) is 3. The Kier molecular flexibility index (Phi) is 17.3. The highest BCUT2D eigenvalue weighted by molar-refractivity contribution is 5.87. The minimum atomic E-state index is -1.65. The van der Waals surface area contributed by atoms with Crippen molar-refractivity contribution in [3.8, 4) is 0 Å². The molecule has 0 aliphatic carbocycles. The number of aliphatic hydroxyl groups excluding tert-OH is 3. The fraction of sp³-hybridized carbons (Fsp3) is 0.810. The van der Waals surface area contributed by atoms with Crippen LogP contribution in [-0.2, 0) is 14.3 Å². The van der Waals surface area contributed by atoms with Crippen molar-refractivity contribution < 1.29 is 29.6 Å². The van der Waals surface area contributed by atoms with E-state index in [0.29, 0.717) is 6.42 Å². The molecule has 6 heteroatoms. The number of carbonyl (C=O) groups is 2. The molecule has 0 aliphatic heterocycles. The molecule has 3 N–H and O–H groups in total. The van der Waals surface area contributed by atoms with Gasteiger partial charge in [0, 0.05) is 6.42 Å². The molecule has 0 saturated carbocycles. The van der Waals surface area contributed by atoms with Gasteiger partial charge in [0.2, 0.25) is 0 Å². The molecule has 0 aromatic carbocycles. The first kappa shape index (κ1) is 25.8. The summed E-state index contributed by atoms with van der Waals surface area (Å²) in [6.45, 7) is 1.43. The minimum Gasteiger partial charge on any atom is -0.393 e. The van der Waals surface area contributed by atoms with Gasteiger partial charge in [-0.15, -0.1) is 0 Å². The molecule has 0 bridgehead atoms. The van der Waals surface area contributed by atoms with Crippen LogP contribution in [0, 0.1) is 0 Å². The van der Waals surface area contributed by atoms with Crippen LogP contribution in [0.4, 0.5) is 0 Å². The third kappa shape index (κ3) is 16.6. The average molecular weight is 387 g/mol. The summed E-state index contributed by atoms with van der Waals surface area (Å²) >= 11 is 0. The highest BCUT2D eigenvalue weighted by atomic mass is 16.6. The lowest BCUT2D eigenvalue weighted by Gasteiger charge is -2.07. The summed E-state index contributed by atoms with van der Waals surface area (Å²) in [6.07, 6.45) is 14.5. The number of allylic oxidation sites excluding steroid dienone is 1. The summed E-state index contributed by atoms with van der Waals surface area (Å²) in [5.74, 6) is -1.76. The SMILES string of the molecule is CCCCCCC(O)C/C=C\CCCCCCCC(=O)OC(=O)C(O)CO. The van der Waals surface area contributed by atoms with E-state index in [9.17, 15) is 14.7 Å². The van der Waals surface area contributed by atoms with Crippen LogP contribution in [0.25, 0.3) is 0 Å². The Labute approximate surface area is 163 Å². The number of rotatable bonds is 17. The summed E-state index contributed by atoms with van der Waals surface area (Å²) in [5, 5.41) is 27.4. The number of hydrogen-bond acceptors (Lipinski definition) is 6. The zero-order chi connectivity index (χ0) is 20.3. The third-order valence-corrected chi connectivity index (χ3v) is 4.38. The van der Waals surface area contributed by atoms with E-state index in [2.05, 4.69) is 23.8 Å². The van der Waals surface area contributed by atoms with Crippen molar-refractivity contribution in [1.29, 1.82) is 0 Å². The minimum absolute atomic E-state index is 0.139. The monoisotopic (exact) mass is 386 g/mol. The second kappa shape index (κ2) is 18.1. The van der Waals surface area contributed by atoms with Gasteiger partial charge in [-0.05, 0) is 32.1 Å². The number of ether oxygens (including phenoxy) is 1. The first-order chi connectivity index (χ1) is 13.0. The fourth-order valence-corrected chi connectivity index (χ4v) is 2.66. The molecule has 0 heterocycles. The highest BCUT2D eigenvalue weighted by Gasteiger charge is 2.18. The Bertz CT molecular complexity index is 407. The molecule has 0 saturated heterocycles. The molecular weight excluding hydrogens is 348 g/mol. The Hall–Kier alpha value is -1.24. The van der Waals surface area contributed by atoms with Gasteiger partial charge in [0.15, 0.2) is 6.10 Å². The van der Waals surface area contributed by atoms with Crippen molar-refractivity contribution in [3.63, 3.8) is 0 Å². The van der Waals surface area contributed by atoms with Crippen LogP contribution in [0.15, 0.2) is 12.2 Å². The summed E-state index contributed by atoms with van der Waals surface area (Å²) in [6, 6.07) is 0. The van der Waals surface area contributed by atoms with Gasteiger partial charge in [-0.2, -0.15) is 0 Å². The van der Waals surface area contributed by atoms with E-state index in [1.165, 1.54) is 19.3 Å². The molecule has 6 nitrogen and oxygen atoms in total. The predicted molar refractivity (Wildman–Crippen MR) is 105 cm³/mol. The highest BCUT2D eigenvalue weighted by Crippen LogP contribution is 2.11. The second-order valence-corrected chi connectivity index (χ2v) is 7.01. The molecule has 0 amide bonds. The van der Waals surface area contributed by atoms with Gasteiger partial charge in [0.25, 0.3) is 0 Å². The smallest absolute Gasteiger partial charge is 0.345 e. The van der Waals surface area contributed by atoms with Gasteiger partial charge >= 0.3 is 11.9 Å². The number of aliphatic hydroxyl groups is 3. The maximum Gasteiger partial charge on any atom is 0.345 e. The summed E-state index contributed by atoms with van der Waals surface area (Å²) < 4.78 is 4.41. The van der Waals surface area contributed by atoms with Crippen molar-refractivity contribution in [2.45, 2.75) is 103 Å². The average Bonchev–Trinajstić information content (AvgIpc) is 2.65. The van der Waals surface area contributed by atoms with E-state index in [1.807, 2.05) is 0 Å². The lowest BCUT2D eigenvalue weighted by molar-refractivity contribution is -0.167. The van der Waals surface area contributed by atoms with Gasteiger partial charge in [-0.25, -0.2) is 4.79 Å². The molecule has 0 aromatic rings. The predicted octanol–water partition coefficient (Wildman–Crippen LogP) is 3.42. The molecule has 0 aliphatic rings. The maximum absolute atomic E-state index is 11.4. The van der Waals surface area contributed by atoms with Gasteiger partial charge in [0.1, 0.15) is 0 Å². The van der Waals surface area contributed by atoms with E-state index >= 15 is 0 Å². The Morgan fingerprint density at radius 3 is 2.30 bits per heavy atom. The standard InChI is InChI=1S/C21H38O6/c1-2-3-4-11-14-18(23)15-12-9-7-5-6-8-10-13-16-20(25)27-21(26)19(24)17-22/h9,12,18-19,22-24H,2-8,10-11,13-17H2,1H3/b12-9-. The Morgan fingerprint density at radius 1 is 0.926 bits per heavy atom. The fourth-order valence-electron chi connectivity index (χ4n) is 2.66. The van der Waals surface area contributed by atoms with Crippen LogP contribution in [0.2, 0.25) is 0 Å². The van der Waals surface area contributed by atoms with E-state index in [0.717, 1.165) is 51.4 Å². The molecule has 2 atom stereocenters. The number of carbonyl (C=O) groups excluding carboxylic acids is 2. The largest absolute Gasteiger partial charge is 0.393 e. The Balaban J connectivity index is 3.46. The summed E-state index contributed by atoms with van der Waals surface area (Å²) in [5.41, 5.74) is 0. The van der Waals surface area contributed by atoms with Crippen LogP contribution in [0.5, 0.6) is 0 Å². The van der Waals surface area contributed by atoms with Crippen molar-refractivity contribution in [2.75, 3.05) is 6.61 Å². The van der Waals surface area contributed by atoms with Gasteiger partial charge in [-0.1, -0.05) is 64.0 Å². The van der Waals surface area contributed by atoms with Gasteiger partial charge < -0.3 is 20.1 Å². The van der Waals surface area contributed by atoms with Crippen LogP contribution in [-0.4, -0.2) is 46.1 Å². The molecule has 2 unspecified atom stereocenters. The molecule has 0 radical (unpaired) electrons. The molecule has 158 valence electrons. The normalized spacial score (nSPS) is 13.6. The van der Waals surface area contributed by atoms with Crippen molar-refractivity contribution >= 4 is 11.9 Å². The molecule has 0 spiro atoms. The van der Waals surface area contributed by atoms with Crippen LogP contribution in [0.1, 0.15) is 90.4 Å². The van der Waals surface area contributed by atoms with Crippen molar-refractivity contribution in [3.05, 3.63) is 12.2 Å². The van der Waals surface area contributed by atoms with Gasteiger partial charge in [-0.3, -0.25) is 4.79 Å². The molecular formula is C21H38O6. The second-order valence-electron chi connectivity index (χ2n) is 7.01. The molecule has 0 rings (SSSR count). The molecule has 0 fully saturated rings. The lowest BCUT2D eigenvalue weighted by Crippen LogP contribution is -2.28. The van der Waals surface area contributed by atoms with E-state index in [-0.39, 0.29) is 12.5 Å². The van der Waals surface area contributed by atoms with Gasteiger partial charge in [0.05, 0.1) is 12.7 Å². The van der Waals surface area contributed by atoms with Crippen LogP contribution < -0.4 is 0 Å². The van der Waals surface area contributed by atoms with E-state index in [1.54, 1.807) is 0 Å². The first-order valence-electron chi connectivity index (χ1n) is 10.4. The quantitative estimate of drug-likeness (QED) is 0.153. The number of unbranched alkanes of at least 4 members (excludes halogenated alkanes) is 8. The first-order valence-corrected chi connectivity index (χ1v) is 10.4. The van der Waals surface area contributed by atoms with Crippen molar-refractivity contribution in [1.82, 2.24) is 0 Å². The maximum atomic E-state index is 11.4. The topological polar surface area (TPSA) is 104 Å². The zero-order valence-corrected chi connectivity index (χ0v) is 16.8. The van der Waals surface area contributed by atoms with E-state index in [4.69, 9.17) is 10.2 Å². The summed E-state index contributed by atoms with van der Waals surface area (Å²) in [4.78, 5) is 22.5. The third-order valence-electron chi connectivity index (χ3n) is 4.38. The van der Waals surface area contributed by atoms with Crippen LogP contribution >= 0.6 is 0 Å². The number of esters is 2.